The molecule has 1 atom stereocenters. The summed E-state index contributed by atoms with van der Waals surface area (Å²) in [5, 5.41) is 11.4. The number of carbonyl (C=O) groups is 2. The Kier molecular flexibility index (Phi) is 5.23. The summed E-state index contributed by atoms with van der Waals surface area (Å²) in [5.74, 6) is -3.67. The lowest BCUT2D eigenvalue weighted by molar-refractivity contribution is -0.147. The summed E-state index contributed by atoms with van der Waals surface area (Å²) in [6, 6.07) is 2.92. The summed E-state index contributed by atoms with van der Waals surface area (Å²) in [6.45, 7) is 4.28. The molecule has 0 saturated heterocycles. The molecule has 0 radical (unpaired) electrons. The van der Waals surface area contributed by atoms with E-state index in [0.29, 0.717) is 0 Å². The normalized spacial score (nSPS) is 12.6. The maximum atomic E-state index is 13.0. The Labute approximate surface area is 120 Å². The maximum absolute atomic E-state index is 13.0. The number of carbonyl (C=O) groups excluding carboxylic acids is 1. The largest absolute Gasteiger partial charge is 0.481 e. The fourth-order valence-electron chi connectivity index (χ4n) is 1.34. The molecule has 0 aliphatic heterocycles. The molecule has 0 bridgehead atoms. The van der Waals surface area contributed by atoms with Crippen LogP contribution in [0.1, 0.15) is 20.8 Å². The van der Waals surface area contributed by atoms with Crippen LogP contribution in [0.3, 0.4) is 0 Å². The second-order valence-corrected chi connectivity index (χ2v) is 5.24. The van der Waals surface area contributed by atoms with Crippen molar-refractivity contribution in [2.75, 3.05) is 6.54 Å². The van der Waals surface area contributed by atoms with Gasteiger partial charge in [0.1, 0.15) is 5.75 Å². The standard InChI is InChI=1S/C14H17F2NO4/c1-8(12(18)17-7-14(2,3)13(19)20)21-9-4-5-10(15)11(16)6-9/h4-6,8H,7H2,1-3H3,(H,17,18)(H,19,20). The molecule has 0 aliphatic carbocycles. The lowest BCUT2D eigenvalue weighted by Gasteiger charge is -2.21. The lowest BCUT2D eigenvalue weighted by Crippen LogP contribution is -2.43. The number of halogens is 2. The Hall–Kier alpha value is -2.18. The second-order valence-electron chi connectivity index (χ2n) is 5.24. The minimum atomic E-state index is -1.11. The van der Waals surface area contributed by atoms with Gasteiger partial charge in [-0.3, -0.25) is 9.59 Å². The number of carboxylic acids is 1. The number of nitrogens with one attached hydrogen (secondary N) is 1. The van der Waals surface area contributed by atoms with Gasteiger partial charge in [0.25, 0.3) is 5.91 Å². The van der Waals surface area contributed by atoms with Crippen molar-refractivity contribution in [3.05, 3.63) is 29.8 Å². The van der Waals surface area contributed by atoms with E-state index in [4.69, 9.17) is 9.84 Å². The van der Waals surface area contributed by atoms with Gasteiger partial charge in [-0.2, -0.15) is 0 Å². The van der Waals surface area contributed by atoms with Crippen molar-refractivity contribution >= 4 is 11.9 Å². The summed E-state index contributed by atoms with van der Waals surface area (Å²) in [7, 11) is 0. The van der Waals surface area contributed by atoms with Crippen LogP contribution in [0.5, 0.6) is 5.75 Å². The van der Waals surface area contributed by atoms with E-state index in [1.54, 1.807) is 0 Å². The smallest absolute Gasteiger partial charge is 0.310 e. The van der Waals surface area contributed by atoms with Gasteiger partial charge in [-0.1, -0.05) is 0 Å². The van der Waals surface area contributed by atoms with Crippen molar-refractivity contribution in [2.45, 2.75) is 26.9 Å². The van der Waals surface area contributed by atoms with Gasteiger partial charge >= 0.3 is 5.97 Å². The van der Waals surface area contributed by atoms with Gasteiger partial charge in [0, 0.05) is 12.6 Å². The topological polar surface area (TPSA) is 75.6 Å². The van der Waals surface area contributed by atoms with Crippen LogP contribution in [-0.2, 0) is 9.59 Å². The molecular weight excluding hydrogens is 284 g/mol. The number of amides is 1. The van der Waals surface area contributed by atoms with Crippen molar-refractivity contribution < 1.29 is 28.2 Å². The minimum Gasteiger partial charge on any atom is -0.481 e. The average molecular weight is 301 g/mol. The van der Waals surface area contributed by atoms with E-state index < -0.39 is 35.0 Å². The zero-order chi connectivity index (χ0) is 16.2. The van der Waals surface area contributed by atoms with E-state index in [2.05, 4.69) is 5.32 Å². The molecule has 0 spiro atoms. The number of hydrogen-bond acceptors (Lipinski definition) is 3. The predicted octanol–water partition coefficient (Wildman–Crippen LogP) is 1.96. The van der Waals surface area contributed by atoms with Crippen molar-refractivity contribution in [1.29, 1.82) is 0 Å². The average Bonchev–Trinajstić information content (AvgIpc) is 2.40. The van der Waals surface area contributed by atoms with Gasteiger partial charge in [-0.25, -0.2) is 8.78 Å². The first-order chi connectivity index (χ1) is 9.63. The Morgan fingerprint density at radius 3 is 2.48 bits per heavy atom. The van der Waals surface area contributed by atoms with Gasteiger partial charge in [-0.15, -0.1) is 0 Å². The van der Waals surface area contributed by atoms with Gasteiger partial charge in [0.2, 0.25) is 0 Å². The van der Waals surface area contributed by atoms with Gasteiger partial charge in [0.15, 0.2) is 17.7 Å². The monoisotopic (exact) mass is 301 g/mol. The molecule has 1 unspecified atom stereocenters. The molecule has 7 heteroatoms. The summed E-state index contributed by atoms with van der Waals surface area (Å²) >= 11 is 0. The SMILES string of the molecule is CC(Oc1ccc(F)c(F)c1)C(=O)NCC(C)(C)C(=O)O. The highest BCUT2D eigenvalue weighted by Crippen LogP contribution is 2.17. The van der Waals surface area contributed by atoms with E-state index in [0.717, 1.165) is 12.1 Å². The summed E-state index contributed by atoms with van der Waals surface area (Å²) < 4.78 is 30.9. The fraction of sp³-hybridized carbons (Fsp3) is 0.429. The Morgan fingerprint density at radius 2 is 1.95 bits per heavy atom. The number of ether oxygens (including phenoxy) is 1. The third kappa shape index (κ3) is 4.70. The number of carboxylic acid groups (broad SMARTS) is 1. The highest BCUT2D eigenvalue weighted by Gasteiger charge is 2.28. The molecule has 2 N–H and O–H groups in total. The number of hydrogen-bond donors (Lipinski definition) is 2. The van der Waals surface area contributed by atoms with Crippen LogP contribution in [0.4, 0.5) is 8.78 Å². The van der Waals surface area contributed by atoms with E-state index in [-0.39, 0.29) is 12.3 Å². The second kappa shape index (κ2) is 6.51. The van der Waals surface area contributed by atoms with Crippen LogP contribution < -0.4 is 10.1 Å². The quantitative estimate of drug-likeness (QED) is 0.842. The van der Waals surface area contributed by atoms with Crippen LogP contribution in [-0.4, -0.2) is 29.6 Å². The first-order valence-corrected chi connectivity index (χ1v) is 6.26. The highest BCUT2D eigenvalue weighted by molar-refractivity contribution is 5.82. The fourth-order valence-corrected chi connectivity index (χ4v) is 1.34. The minimum absolute atomic E-state index is 0.00837. The van der Waals surface area contributed by atoms with E-state index in [1.165, 1.54) is 26.8 Å². The van der Waals surface area contributed by atoms with Crippen LogP contribution >= 0.6 is 0 Å². The number of benzene rings is 1. The number of aliphatic carboxylic acids is 1. The van der Waals surface area contributed by atoms with Crippen LogP contribution in [0.2, 0.25) is 0 Å². The summed E-state index contributed by atoms with van der Waals surface area (Å²) in [4.78, 5) is 22.7. The van der Waals surface area contributed by atoms with Crippen LogP contribution in [0, 0.1) is 17.0 Å². The maximum Gasteiger partial charge on any atom is 0.310 e. The molecule has 0 saturated carbocycles. The molecule has 1 rings (SSSR count). The Morgan fingerprint density at radius 1 is 1.33 bits per heavy atom. The molecule has 21 heavy (non-hydrogen) atoms. The zero-order valence-corrected chi connectivity index (χ0v) is 11.9. The molecule has 1 aromatic carbocycles. The van der Waals surface area contributed by atoms with E-state index in [1.807, 2.05) is 0 Å². The third-order valence-electron chi connectivity index (χ3n) is 2.86. The van der Waals surface area contributed by atoms with Crippen molar-refractivity contribution in [3.8, 4) is 5.75 Å². The van der Waals surface area contributed by atoms with Gasteiger partial charge < -0.3 is 15.2 Å². The van der Waals surface area contributed by atoms with E-state index in [9.17, 15) is 18.4 Å². The van der Waals surface area contributed by atoms with Crippen molar-refractivity contribution in [3.63, 3.8) is 0 Å². The van der Waals surface area contributed by atoms with Crippen molar-refractivity contribution in [2.24, 2.45) is 5.41 Å². The molecule has 1 aromatic rings. The lowest BCUT2D eigenvalue weighted by atomic mass is 9.94. The molecule has 116 valence electrons. The number of rotatable bonds is 6. The van der Waals surface area contributed by atoms with Gasteiger partial charge in [0.05, 0.1) is 5.41 Å². The first kappa shape index (κ1) is 16.9. The first-order valence-electron chi connectivity index (χ1n) is 6.26. The highest BCUT2D eigenvalue weighted by atomic mass is 19.2. The zero-order valence-electron chi connectivity index (χ0n) is 11.9. The van der Waals surface area contributed by atoms with E-state index >= 15 is 0 Å². The summed E-state index contributed by atoms with van der Waals surface area (Å²) in [5.41, 5.74) is -1.11. The molecule has 5 nitrogen and oxygen atoms in total. The van der Waals surface area contributed by atoms with Crippen LogP contribution in [0.15, 0.2) is 18.2 Å². The molecule has 0 fully saturated rings. The van der Waals surface area contributed by atoms with Crippen molar-refractivity contribution in [1.82, 2.24) is 5.32 Å². The molecular formula is C14H17F2NO4. The predicted molar refractivity (Wildman–Crippen MR) is 70.9 cm³/mol. The van der Waals surface area contributed by atoms with Gasteiger partial charge in [-0.05, 0) is 32.9 Å². The Bertz CT molecular complexity index is 546. The molecule has 0 heterocycles. The molecule has 0 aliphatic rings. The summed E-state index contributed by atoms with van der Waals surface area (Å²) in [6.07, 6.45) is -0.973. The molecule has 0 aromatic heterocycles. The molecule has 1 amide bonds. The third-order valence-corrected chi connectivity index (χ3v) is 2.86. The Balaban J connectivity index is 2.59. The van der Waals surface area contributed by atoms with Crippen LogP contribution in [0.25, 0.3) is 0 Å².